The maximum absolute atomic E-state index is 14.7. The smallest absolute Gasteiger partial charge is 0.274 e. The summed E-state index contributed by atoms with van der Waals surface area (Å²) in [5.41, 5.74) is 9.00. The van der Waals surface area contributed by atoms with E-state index < -0.39 is 17.6 Å². The largest absolute Gasteiger partial charge is 0.397 e. The summed E-state index contributed by atoms with van der Waals surface area (Å²) < 4.78 is 14.7. The van der Waals surface area contributed by atoms with E-state index in [1.807, 2.05) is 11.0 Å². The number of carbonyl (C=O) groups excluding carboxylic acids is 2. The van der Waals surface area contributed by atoms with Crippen LogP contribution in [-0.4, -0.2) is 74.1 Å². The fourth-order valence-corrected chi connectivity index (χ4v) is 4.57. The van der Waals surface area contributed by atoms with Crippen molar-refractivity contribution in [1.29, 1.82) is 0 Å². The van der Waals surface area contributed by atoms with E-state index in [1.54, 1.807) is 24.3 Å². The third-order valence-corrected chi connectivity index (χ3v) is 6.54. The summed E-state index contributed by atoms with van der Waals surface area (Å²) >= 11 is 0. The molecule has 3 aromatic rings. The van der Waals surface area contributed by atoms with Crippen LogP contribution in [0.3, 0.4) is 0 Å². The Hall–Kier alpha value is -4.29. The van der Waals surface area contributed by atoms with Crippen molar-refractivity contribution in [3.05, 3.63) is 66.0 Å². The van der Waals surface area contributed by atoms with Gasteiger partial charge in [-0.25, -0.2) is 14.4 Å². The molecule has 0 unspecified atom stereocenters. The van der Waals surface area contributed by atoms with E-state index in [0.29, 0.717) is 30.2 Å². The number of amides is 2. The monoisotopic (exact) mass is 519 g/mol. The van der Waals surface area contributed by atoms with E-state index in [1.165, 1.54) is 12.1 Å². The Bertz CT molecular complexity index is 1230. The highest BCUT2D eigenvalue weighted by atomic mass is 19.1. The number of benzene rings is 2. The van der Waals surface area contributed by atoms with Crippen molar-refractivity contribution in [2.24, 2.45) is 0 Å². The summed E-state index contributed by atoms with van der Waals surface area (Å²) in [6, 6.07) is 11.2. The average Bonchev–Trinajstić information content (AvgIpc) is 2.94. The lowest BCUT2D eigenvalue weighted by molar-refractivity contribution is 0.102. The van der Waals surface area contributed by atoms with E-state index in [-0.39, 0.29) is 17.1 Å². The molecule has 38 heavy (non-hydrogen) atoms. The molecule has 2 saturated heterocycles. The van der Waals surface area contributed by atoms with Crippen molar-refractivity contribution in [2.45, 2.75) is 0 Å². The average molecular weight is 520 g/mol. The Balaban J connectivity index is 1.23. The Morgan fingerprint density at radius 1 is 0.763 bits per heavy atom. The van der Waals surface area contributed by atoms with Gasteiger partial charge in [0.2, 0.25) is 0 Å². The lowest BCUT2D eigenvalue weighted by Crippen LogP contribution is -2.43. The summed E-state index contributed by atoms with van der Waals surface area (Å²) in [6.07, 6.45) is 1.14. The molecule has 6 N–H and O–H groups in total. The van der Waals surface area contributed by atoms with Gasteiger partial charge in [0.05, 0.1) is 17.1 Å². The second kappa shape index (κ2) is 11.4. The first kappa shape index (κ1) is 25.4. The van der Waals surface area contributed by atoms with Gasteiger partial charge in [-0.05, 0) is 36.4 Å². The molecule has 0 radical (unpaired) electrons. The molecule has 2 fully saturated rings. The van der Waals surface area contributed by atoms with E-state index >= 15 is 0 Å². The molecule has 0 spiro atoms. The van der Waals surface area contributed by atoms with Crippen LogP contribution < -0.4 is 36.8 Å². The number of nitrogens with two attached hydrogens (primary N) is 1. The van der Waals surface area contributed by atoms with Crippen molar-refractivity contribution in [1.82, 2.24) is 20.6 Å². The van der Waals surface area contributed by atoms with Crippen LogP contribution in [0, 0.1) is 5.82 Å². The zero-order chi connectivity index (χ0) is 26.5. The molecule has 0 saturated carbocycles. The normalized spacial score (nSPS) is 15.7. The van der Waals surface area contributed by atoms with Crippen LogP contribution in [-0.2, 0) is 0 Å². The number of hydrogen-bond donors (Lipinski definition) is 5. The van der Waals surface area contributed by atoms with E-state index in [2.05, 4.69) is 36.1 Å². The van der Waals surface area contributed by atoms with Crippen molar-refractivity contribution in [2.75, 3.05) is 78.5 Å². The Labute approximate surface area is 219 Å². The van der Waals surface area contributed by atoms with Crippen LogP contribution in [0.15, 0.2) is 48.8 Å². The minimum Gasteiger partial charge on any atom is -0.397 e. The van der Waals surface area contributed by atoms with Gasteiger partial charge in [-0.1, -0.05) is 0 Å². The third-order valence-electron chi connectivity index (χ3n) is 6.54. The van der Waals surface area contributed by atoms with Crippen LogP contribution in [0.25, 0.3) is 0 Å². The van der Waals surface area contributed by atoms with Crippen LogP contribution in [0.2, 0.25) is 0 Å². The number of hydrogen-bond acceptors (Lipinski definition) is 9. The van der Waals surface area contributed by atoms with Gasteiger partial charge in [0.25, 0.3) is 11.8 Å². The molecular weight excluding hydrogens is 489 g/mol. The number of rotatable bonds is 6. The highest BCUT2D eigenvalue weighted by Gasteiger charge is 2.18. The summed E-state index contributed by atoms with van der Waals surface area (Å²) in [7, 11) is 0. The minimum absolute atomic E-state index is 0.00939. The number of halogens is 1. The molecule has 1 aromatic heterocycles. The molecule has 0 bridgehead atoms. The zero-order valence-corrected chi connectivity index (χ0v) is 20.8. The summed E-state index contributed by atoms with van der Waals surface area (Å²) in [4.78, 5) is 37.7. The van der Waals surface area contributed by atoms with Crippen LogP contribution in [0.5, 0.6) is 0 Å². The van der Waals surface area contributed by atoms with Crippen LogP contribution >= 0.6 is 0 Å². The molecule has 11 nitrogen and oxygen atoms in total. The number of piperazine rings is 2. The van der Waals surface area contributed by atoms with Gasteiger partial charge in [0.1, 0.15) is 23.5 Å². The Kier molecular flexibility index (Phi) is 7.61. The topological polar surface area (TPSA) is 141 Å². The second-order valence-corrected chi connectivity index (χ2v) is 9.11. The molecule has 12 heteroatoms. The number of anilines is 5. The van der Waals surface area contributed by atoms with Gasteiger partial charge in [-0.3, -0.25) is 9.59 Å². The van der Waals surface area contributed by atoms with Crippen molar-refractivity contribution in [3.8, 4) is 0 Å². The molecule has 2 amide bonds. The lowest BCUT2D eigenvalue weighted by Gasteiger charge is -2.30. The molecule has 2 aliphatic heterocycles. The fourth-order valence-electron chi connectivity index (χ4n) is 4.57. The standard InChI is InChI=1S/C26H30FN9O2/c27-19-13-17(1-3-23(19)35-9-5-29-6-10-35)33-25(37)21-15-22(32-16-31-21)26(38)34-18-2-4-24(20(28)14-18)36-11-7-30-8-12-36/h1-4,13-16,29-30H,5-12,28H2,(H,33,37)(H,34,38). The van der Waals surface area contributed by atoms with Gasteiger partial charge in [-0.2, -0.15) is 0 Å². The first-order valence-electron chi connectivity index (χ1n) is 12.5. The SMILES string of the molecule is Nc1cc(NC(=O)c2cc(C(=O)Nc3ccc(N4CCNCC4)c(F)c3)ncn2)ccc1N1CCNCC1. The molecule has 2 aromatic carbocycles. The molecule has 2 aliphatic rings. The van der Waals surface area contributed by atoms with Gasteiger partial charge < -0.3 is 36.8 Å². The van der Waals surface area contributed by atoms with Crippen molar-refractivity contribution in [3.63, 3.8) is 0 Å². The molecular formula is C26H30FN9O2. The number of carbonyl (C=O) groups is 2. The first-order chi connectivity index (χ1) is 18.5. The van der Waals surface area contributed by atoms with E-state index in [4.69, 9.17) is 5.73 Å². The lowest BCUT2D eigenvalue weighted by atomic mass is 10.2. The molecule has 3 heterocycles. The summed E-state index contributed by atoms with van der Waals surface area (Å²) in [5, 5.41) is 11.9. The molecule has 0 aliphatic carbocycles. The number of nitrogen functional groups attached to an aromatic ring is 1. The van der Waals surface area contributed by atoms with Crippen LogP contribution in [0.4, 0.5) is 32.8 Å². The Morgan fingerprint density at radius 3 is 1.79 bits per heavy atom. The van der Waals surface area contributed by atoms with Gasteiger partial charge >= 0.3 is 0 Å². The molecule has 5 rings (SSSR count). The predicted molar refractivity (Wildman–Crippen MR) is 145 cm³/mol. The number of nitrogens with zero attached hydrogens (tertiary/aromatic N) is 4. The maximum Gasteiger partial charge on any atom is 0.274 e. The zero-order valence-electron chi connectivity index (χ0n) is 20.8. The highest BCUT2D eigenvalue weighted by Crippen LogP contribution is 2.27. The summed E-state index contributed by atoms with van der Waals surface area (Å²) in [6.45, 7) is 6.48. The van der Waals surface area contributed by atoms with Gasteiger partial charge in [-0.15, -0.1) is 0 Å². The van der Waals surface area contributed by atoms with Gasteiger partial charge in [0, 0.05) is 69.8 Å². The molecule has 0 atom stereocenters. The van der Waals surface area contributed by atoms with Gasteiger partial charge in [0.15, 0.2) is 0 Å². The van der Waals surface area contributed by atoms with Crippen molar-refractivity contribution >= 4 is 40.3 Å². The second-order valence-electron chi connectivity index (χ2n) is 9.11. The molecule has 198 valence electrons. The predicted octanol–water partition coefficient (Wildman–Crippen LogP) is 1.52. The Morgan fingerprint density at radius 2 is 1.26 bits per heavy atom. The number of nitrogens with one attached hydrogen (secondary N) is 4. The fraction of sp³-hybridized carbons (Fsp3) is 0.308. The highest BCUT2D eigenvalue weighted by molar-refractivity contribution is 6.07. The van der Waals surface area contributed by atoms with Crippen molar-refractivity contribution < 1.29 is 14.0 Å². The maximum atomic E-state index is 14.7. The van der Waals surface area contributed by atoms with E-state index in [9.17, 15) is 14.0 Å². The third kappa shape index (κ3) is 5.82. The number of aromatic nitrogens is 2. The van der Waals surface area contributed by atoms with E-state index in [0.717, 1.165) is 51.3 Å². The first-order valence-corrected chi connectivity index (χ1v) is 12.5. The quantitative estimate of drug-likeness (QED) is 0.307. The van der Waals surface area contributed by atoms with Crippen LogP contribution in [0.1, 0.15) is 21.0 Å². The minimum atomic E-state index is -0.583. The summed E-state index contributed by atoms with van der Waals surface area (Å²) in [5.74, 6) is -1.52.